The third kappa shape index (κ3) is 1.98. The van der Waals surface area contributed by atoms with Crippen LogP contribution in [0.2, 0.25) is 10.0 Å². The second kappa shape index (κ2) is 4.30. The molecule has 0 aliphatic heterocycles. The van der Waals surface area contributed by atoms with Crippen molar-refractivity contribution >= 4 is 39.7 Å². The molecule has 1 aromatic carbocycles. The van der Waals surface area contributed by atoms with Crippen LogP contribution in [0.5, 0.6) is 0 Å². The second-order valence-electron chi connectivity index (χ2n) is 2.97. The van der Waals surface area contributed by atoms with Crippen LogP contribution >= 0.6 is 34.5 Å². The molecule has 0 aliphatic carbocycles. The van der Waals surface area contributed by atoms with E-state index in [1.54, 1.807) is 18.2 Å². The molecular formula is C10H5Cl2N3S. The molecule has 0 atom stereocenters. The monoisotopic (exact) mass is 269 g/mol. The first-order valence-electron chi connectivity index (χ1n) is 4.23. The molecule has 80 valence electrons. The molecule has 0 amide bonds. The first-order chi connectivity index (χ1) is 7.61. The molecule has 0 aliphatic rings. The van der Waals surface area contributed by atoms with Crippen molar-refractivity contribution < 1.29 is 0 Å². The fourth-order valence-corrected chi connectivity index (χ4v) is 2.20. The number of anilines is 1. The number of aromatic nitrogens is 1. The van der Waals surface area contributed by atoms with Crippen molar-refractivity contribution in [3.8, 4) is 17.3 Å². The van der Waals surface area contributed by atoms with Gasteiger partial charge in [-0.1, -0.05) is 40.6 Å². The summed E-state index contributed by atoms with van der Waals surface area (Å²) in [6, 6.07) is 7.13. The fraction of sp³-hybridized carbons (Fsp3) is 0. The molecule has 3 nitrogen and oxygen atoms in total. The third-order valence-corrected chi connectivity index (χ3v) is 3.47. The number of nitriles is 1. The number of hydrogen-bond acceptors (Lipinski definition) is 4. The van der Waals surface area contributed by atoms with E-state index < -0.39 is 0 Å². The number of hydrogen-bond donors (Lipinski definition) is 1. The molecule has 0 bridgehead atoms. The van der Waals surface area contributed by atoms with E-state index in [4.69, 9.17) is 34.2 Å². The van der Waals surface area contributed by atoms with E-state index in [1.807, 2.05) is 6.07 Å². The van der Waals surface area contributed by atoms with Crippen LogP contribution in [0.3, 0.4) is 0 Å². The Morgan fingerprint density at radius 3 is 2.69 bits per heavy atom. The van der Waals surface area contributed by atoms with E-state index in [2.05, 4.69) is 4.98 Å². The Hall–Kier alpha value is -1.28. The zero-order valence-corrected chi connectivity index (χ0v) is 10.2. The smallest absolute Gasteiger partial charge is 0.181 e. The molecule has 0 fully saturated rings. The number of halogens is 2. The van der Waals surface area contributed by atoms with Crippen LogP contribution in [0.15, 0.2) is 18.2 Å². The molecule has 1 heterocycles. The molecule has 2 rings (SSSR count). The molecule has 2 N–H and O–H groups in total. The number of thiazole rings is 1. The van der Waals surface area contributed by atoms with Crippen molar-refractivity contribution in [3.05, 3.63) is 33.1 Å². The summed E-state index contributed by atoms with van der Waals surface area (Å²) in [6.07, 6.45) is 0. The second-order valence-corrected chi connectivity index (χ2v) is 4.82. The molecule has 2 aromatic rings. The van der Waals surface area contributed by atoms with Gasteiger partial charge in [0.1, 0.15) is 16.6 Å². The molecule has 0 saturated carbocycles. The average Bonchev–Trinajstić information content (AvgIpc) is 2.63. The maximum atomic E-state index is 8.92. The number of nitrogens with zero attached hydrogens (tertiary/aromatic N) is 2. The molecule has 16 heavy (non-hydrogen) atoms. The lowest BCUT2D eigenvalue weighted by atomic mass is 10.1. The minimum atomic E-state index is 0.359. The van der Waals surface area contributed by atoms with Gasteiger partial charge in [-0.25, -0.2) is 4.98 Å². The van der Waals surface area contributed by atoms with E-state index >= 15 is 0 Å². The van der Waals surface area contributed by atoms with Crippen molar-refractivity contribution in [1.82, 2.24) is 4.98 Å². The summed E-state index contributed by atoms with van der Waals surface area (Å²) in [5.74, 6) is 0. The summed E-state index contributed by atoms with van der Waals surface area (Å²) in [5, 5.41) is 10.2. The maximum Gasteiger partial charge on any atom is 0.181 e. The van der Waals surface area contributed by atoms with Gasteiger partial charge in [-0.05, 0) is 12.1 Å². The topological polar surface area (TPSA) is 62.7 Å². The standard InChI is InChI=1S/C10H5Cl2N3S/c11-6-2-1-5(3-7(6)12)9-8(4-13)16-10(14)15-9/h1-3H,(H2,14,15). The van der Waals surface area contributed by atoms with Crippen LogP contribution in [0, 0.1) is 11.3 Å². The molecule has 1 aromatic heterocycles. The van der Waals surface area contributed by atoms with E-state index in [0.717, 1.165) is 16.9 Å². The van der Waals surface area contributed by atoms with Crippen molar-refractivity contribution in [2.45, 2.75) is 0 Å². The zero-order valence-electron chi connectivity index (χ0n) is 7.87. The van der Waals surface area contributed by atoms with Gasteiger partial charge in [-0.2, -0.15) is 5.26 Å². The first kappa shape index (κ1) is 11.2. The Morgan fingerprint density at radius 1 is 1.31 bits per heavy atom. The van der Waals surface area contributed by atoms with Crippen molar-refractivity contribution in [2.75, 3.05) is 5.73 Å². The van der Waals surface area contributed by atoms with Crippen LogP contribution in [-0.2, 0) is 0 Å². The van der Waals surface area contributed by atoms with Gasteiger partial charge in [0.25, 0.3) is 0 Å². The maximum absolute atomic E-state index is 8.92. The SMILES string of the molecule is N#Cc1sc(N)nc1-c1ccc(Cl)c(Cl)c1. The lowest BCUT2D eigenvalue weighted by Crippen LogP contribution is -1.84. The third-order valence-electron chi connectivity index (χ3n) is 1.94. The van der Waals surface area contributed by atoms with Gasteiger partial charge in [-0.15, -0.1) is 0 Å². The van der Waals surface area contributed by atoms with Crippen molar-refractivity contribution in [1.29, 1.82) is 5.26 Å². The Morgan fingerprint density at radius 2 is 2.06 bits per heavy atom. The van der Waals surface area contributed by atoms with Crippen molar-refractivity contribution in [3.63, 3.8) is 0 Å². The minimum absolute atomic E-state index is 0.359. The van der Waals surface area contributed by atoms with Crippen LogP contribution in [0.25, 0.3) is 11.3 Å². The van der Waals surface area contributed by atoms with E-state index in [-0.39, 0.29) is 0 Å². The summed E-state index contributed by atoms with van der Waals surface area (Å²) in [7, 11) is 0. The van der Waals surface area contributed by atoms with Gasteiger partial charge < -0.3 is 5.73 Å². The first-order valence-corrected chi connectivity index (χ1v) is 5.81. The van der Waals surface area contributed by atoms with Gasteiger partial charge in [0.2, 0.25) is 0 Å². The highest BCUT2D eigenvalue weighted by molar-refractivity contribution is 7.16. The van der Waals surface area contributed by atoms with Gasteiger partial charge in [0.15, 0.2) is 5.13 Å². The molecule has 0 unspecified atom stereocenters. The zero-order chi connectivity index (χ0) is 11.7. The van der Waals surface area contributed by atoms with E-state index in [9.17, 15) is 0 Å². The molecule has 6 heteroatoms. The summed E-state index contributed by atoms with van der Waals surface area (Å²) in [4.78, 5) is 4.56. The van der Waals surface area contributed by atoms with Gasteiger partial charge in [-0.3, -0.25) is 0 Å². The van der Waals surface area contributed by atoms with Gasteiger partial charge in [0.05, 0.1) is 10.0 Å². The number of nitrogens with two attached hydrogens (primary N) is 1. The number of benzene rings is 1. The molecule has 0 saturated heterocycles. The largest absolute Gasteiger partial charge is 0.375 e. The molecular weight excluding hydrogens is 265 g/mol. The molecule has 0 radical (unpaired) electrons. The Kier molecular flexibility index (Phi) is 3.01. The van der Waals surface area contributed by atoms with Crippen LogP contribution in [0.4, 0.5) is 5.13 Å². The Bertz CT molecular complexity index is 586. The summed E-state index contributed by atoms with van der Waals surface area (Å²) in [6.45, 7) is 0. The Balaban J connectivity index is 2.59. The fourth-order valence-electron chi connectivity index (χ4n) is 1.25. The highest BCUT2D eigenvalue weighted by Gasteiger charge is 2.12. The highest BCUT2D eigenvalue weighted by atomic mass is 35.5. The van der Waals surface area contributed by atoms with Crippen molar-refractivity contribution in [2.24, 2.45) is 0 Å². The lowest BCUT2D eigenvalue weighted by molar-refractivity contribution is 1.39. The van der Waals surface area contributed by atoms with Crippen LogP contribution < -0.4 is 5.73 Å². The normalized spacial score (nSPS) is 10.1. The van der Waals surface area contributed by atoms with E-state index in [0.29, 0.717) is 25.7 Å². The van der Waals surface area contributed by atoms with Gasteiger partial charge >= 0.3 is 0 Å². The highest BCUT2D eigenvalue weighted by Crippen LogP contribution is 2.32. The summed E-state index contributed by atoms with van der Waals surface area (Å²) in [5.41, 5.74) is 6.84. The lowest BCUT2D eigenvalue weighted by Gasteiger charge is -2.00. The minimum Gasteiger partial charge on any atom is -0.375 e. The van der Waals surface area contributed by atoms with Crippen LogP contribution in [0.1, 0.15) is 4.88 Å². The number of rotatable bonds is 1. The average molecular weight is 270 g/mol. The summed E-state index contributed by atoms with van der Waals surface area (Å²) < 4.78 is 0. The summed E-state index contributed by atoms with van der Waals surface area (Å²) >= 11 is 12.9. The Labute approximate surface area is 106 Å². The quantitative estimate of drug-likeness (QED) is 0.861. The molecule has 0 spiro atoms. The van der Waals surface area contributed by atoms with E-state index in [1.165, 1.54) is 0 Å². The number of nitrogen functional groups attached to an aromatic ring is 1. The predicted octanol–water partition coefficient (Wildman–Crippen LogP) is 3.57. The van der Waals surface area contributed by atoms with Crippen LogP contribution in [-0.4, -0.2) is 4.98 Å². The van der Waals surface area contributed by atoms with Gasteiger partial charge in [0, 0.05) is 5.56 Å². The predicted molar refractivity (Wildman–Crippen MR) is 66.7 cm³/mol.